The number of alkyl halides is 6. The molecule has 9 heteroatoms. The Bertz CT molecular complexity index is 434. The van der Waals surface area contributed by atoms with Crippen LogP contribution in [-0.4, -0.2) is 27.9 Å². The summed E-state index contributed by atoms with van der Waals surface area (Å²) in [6.45, 7) is 2.09. The van der Waals surface area contributed by atoms with Crippen molar-refractivity contribution in [3.05, 3.63) is 18.0 Å². The second kappa shape index (κ2) is 5.22. The lowest BCUT2D eigenvalue weighted by molar-refractivity contribution is -0.273. The van der Waals surface area contributed by atoms with Gasteiger partial charge < -0.3 is 0 Å². The summed E-state index contributed by atoms with van der Waals surface area (Å²) in [7, 11) is 0. The molecular weight excluding hydrogens is 278 g/mol. The number of ketones is 1. The number of Topliss-reactive ketones (excluding diaryl/α,β-unsaturated/α-hetero) is 1. The van der Waals surface area contributed by atoms with E-state index in [9.17, 15) is 31.1 Å². The average molecular weight is 288 g/mol. The van der Waals surface area contributed by atoms with Gasteiger partial charge in [0.05, 0.1) is 6.20 Å². The first-order valence-electron chi connectivity index (χ1n) is 5.23. The summed E-state index contributed by atoms with van der Waals surface area (Å²) in [5.41, 5.74) is 0.0188. The Hall–Kier alpha value is -1.54. The maximum absolute atomic E-state index is 12.3. The van der Waals surface area contributed by atoms with Gasteiger partial charge in [-0.2, -0.15) is 31.4 Å². The second-order valence-electron chi connectivity index (χ2n) is 3.86. The average Bonchev–Trinajstić information content (AvgIpc) is 2.60. The molecule has 1 aromatic heterocycles. The van der Waals surface area contributed by atoms with Gasteiger partial charge in [-0.3, -0.25) is 9.48 Å². The van der Waals surface area contributed by atoms with E-state index < -0.39 is 30.5 Å². The highest BCUT2D eigenvalue weighted by Gasteiger charge is 2.60. The van der Waals surface area contributed by atoms with Gasteiger partial charge in [0.15, 0.2) is 5.78 Å². The normalized spacial score (nSPS) is 13.1. The number of aryl methyl sites for hydroxylation is 1. The van der Waals surface area contributed by atoms with Gasteiger partial charge in [-0.05, 0) is 12.5 Å². The molecule has 3 nitrogen and oxygen atoms in total. The Morgan fingerprint density at radius 2 is 1.79 bits per heavy atom. The Kier molecular flexibility index (Phi) is 4.26. The zero-order valence-electron chi connectivity index (χ0n) is 9.72. The molecule has 0 fully saturated rings. The zero-order valence-corrected chi connectivity index (χ0v) is 9.72. The summed E-state index contributed by atoms with van der Waals surface area (Å²) in [6, 6.07) is 0. The first-order valence-corrected chi connectivity index (χ1v) is 5.23. The number of aromatic nitrogens is 2. The minimum Gasteiger partial charge on any atom is -0.298 e. The van der Waals surface area contributed by atoms with Gasteiger partial charge in [0.25, 0.3) is 0 Å². The molecule has 0 aliphatic rings. The molecule has 0 radical (unpaired) electrons. The first kappa shape index (κ1) is 15.5. The molecule has 19 heavy (non-hydrogen) atoms. The molecule has 0 amide bonds. The SMILES string of the molecule is CCn1cc(CC(=O)C(C(F)(F)F)C(F)(F)F)cn1. The van der Waals surface area contributed by atoms with Gasteiger partial charge in [0.1, 0.15) is 0 Å². The standard InChI is InChI=1S/C10H10F6N2O/c1-2-18-5-6(4-17-18)3-7(19)8(9(11,12)13)10(14,15)16/h4-5,8H,2-3H2,1H3. The van der Waals surface area contributed by atoms with Gasteiger partial charge in [-0.1, -0.05) is 0 Å². The molecule has 1 heterocycles. The fourth-order valence-electron chi connectivity index (χ4n) is 1.52. The van der Waals surface area contributed by atoms with E-state index in [1.165, 1.54) is 10.9 Å². The number of halogens is 6. The molecule has 0 unspecified atom stereocenters. The third-order valence-electron chi connectivity index (χ3n) is 2.37. The highest BCUT2D eigenvalue weighted by atomic mass is 19.4. The van der Waals surface area contributed by atoms with Gasteiger partial charge >= 0.3 is 12.4 Å². The highest BCUT2D eigenvalue weighted by Crippen LogP contribution is 2.40. The van der Waals surface area contributed by atoms with Crippen LogP contribution in [0.1, 0.15) is 12.5 Å². The van der Waals surface area contributed by atoms with E-state index in [4.69, 9.17) is 0 Å². The number of nitrogens with zero attached hydrogens (tertiary/aromatic N) is 2. The summed E-state index contributed by atoms with van der Waals surface area (Å²) >= 11 is 0. The molecule has 1 aromatic rings. The van der Waals surface area contributed by atoms with Gasteiger partial charge in [0.2, 0.25) is 5.92 Å². The van der Waals surface area contributed by atoms with Crippen molar-refractivity contribution >= 4 is 5.78 Å². The number of hydrogen-bond acceptors (Lipinski definition) is 2. The van der Waals surface area contributed by atoms with E-state index in [0.717, 1.165) is 6.20 Å². The van der Waals surface area contributed by atoms with Crippen LogP contribution >= 0.6 is 0 Å². The quantitative estimate of drug-likeness (QED) is 0.798. The maximum Gasteiger partial charge on any atom is 0.407 e. The lowest BCUT2D eigenvalue weighted by Crippen LogP contribution is -2.43. The monoisotopic (exact) mass is 288 g/mol. The van der Waals surface area contributed by atoms with E-state index in [1.54, 1.807) is 6.92 Å². The molecule has 0 aliphatic carbocycles. The van der Waals surface area contributed by atoms with Crippen LogP contribution in [0.25, 0.3) is 0 Å². The Morgan fingerprint density at radius 3 is 2.16 bits per heavy atom. The van der Waals surface area contributed by atoms with Crippen LogP contribution in [0.4, 0.5) is 26.3 Å². The minimum absolute atomic E-state index is 0.0188. The molecule has 0 aromatic carbocycles. The van der Waals surface area contributed by atoms with Crippen molar-refractivity contribution in [3.63, 3.8) is 0 Å². The van der Waals surface area contributed by atoms with E-state index in [2.05, 4.69) is 5.10 Å². The third-order valence-corrected chi connectivity index (χ3v) is 2.37. The Morgan fingerprint density at radius 1 is 1.26 bits per heavy atom. The van der Waals surface area contributed by atoms with Crippen LogP contribution < -0.4 is 0 Å². The van der Waals surface area contributed by atoms with E-state index in [-0.39, 0.29) is 5.56 Å². The summed E-state index contributed by atoms with van der Waals surface area (Å²) < 4.78 is 75.0. The number of rotatable bonds is 4. The predicted octanol–water partition coefficient (Wildman–Crippen LogP) is 2.76. The summed E-state index contributed by atoms with van der Waals surface area (Å²) in [4.78, 5) is 11.2. The lowest BCUT2D eigenvalue weighted by Gasteiger charge is -2.21. The maximum atomic E-state index is 12.3. The minimum atomic E-state index is -5.64. The number of hydrogen-bond donors (Lipinski definition) is 0. The van der Waals surface area contributed by atoms with Crippen LogP contribution in [0, 0.1) is 5.92 Å². The first-order chi connectivity index (χ1) is 8.55. The van der Waals surface area contributed by atoms with E-state index in [1.807, 2.05) is 0 Å². The predicted molar refractivity (Wildman–Crippen MR) is 52.2 cm³/mol. The van der Waals surface area contributed by atoms with Crippen molar-refractivity contribution in [2.75, 3.05) is 0 Å². The van der Waals surface area contributed by atoms with Crippen LogP contribution in [0.3, 0.4) is 0 Å². The Balaban J connectivity index is 2.90. The molecule has 1 rings (SSSR count). The summed E-state index contributed by atoms with van der Waals surface area (Å²) in [5.74, 6) is -5.89. The van der Waals surface area contributed by atoms with Crippen molar-refractivity contribution in [1.82, 2.24) is 9.78 Å². The zero-order chi connectivity index (χ0) is 14.8. The Labute approximate surface area is 104 Å². The van der Waals surface area contributed by atoms with Crippen LogP contribution in [0.2, 0.25) is 0 Å². The van der Waals surface area contributed by atoms with Crippen molar-refractivity contribution in [1.29, 1.82) is 0 Å². The third kappa shape index (κ3) is 3.97. The fourth-order valence-corrected chi connectivity index (χ4v) is 1.52. The van der Waals surface area contributed by atoms with E-state index in [0.29, 0.717) is 6.54 Å². The summed E-state index contributed by atoms with van der Waals surface area (Å²) in [6.07, 6.45) is -9.93. The molecule has 0 aliphatic heterocycles. The van der Waals surface area contributed by atoms with Crippen molar-refractivity contribution < 1.29 is 31.1 Å². The van der Waals surface area contributed by atoms with E-state index >= 15 is 0 Å². The summed E-state index contributed by atoms with van der Waals surface area (Å²) in [5, 5.41) is 3.67. The van der Waals surface area contributed by atoms with Crippen LogP contribution in [0.15, 0.2) is 12.4 Å². The van der Waals surface area contributed by atoms with Crippen molar-refractivity contribution in [2.24, 2.45) is 5.92 Å². The smallest absolute Gasteiger partial charge is 0.298 e. The van der Waals surface area contributed by atoms with Crippen molar-refractivity contribution in [3.8, 4) is 0 Å². The highest BCUT2D eigenvalue weighted by molar-refractivity contribution is 5.84. The lowest BCUT2D eigenvalue weighted by atomic mass is 9.98. The van der Waals surface area contributed by atoms with Gasteiger partial charge in [0, 0.05) is 19.2 Å². The number of carbonyl (C=O) groups is 1. The van der Waals surface area contributed by atoms with Crippen molar-refractivity contribution in [2.45, 2.75) is 32.2 Å². The molecule has 0 saturated heterocycles. The molecule has 0 saturated carbocycles. The topological polar surface area (TPSA) is 34.9 Å². The molecule has 0 atom stereocenters. The molecule has 0 bridgehead atoms. The molecule has 0 spiro atoms. The molecular formula is C10H10F6N2O. The molecule has 108 valence electrons. The van der Waals surface area contributed by atoms with Gasteiger partial charge in [-0.15, -0.1) is 0 Å². The van der Waals surface area contributed by atoms with Crippen LogP contribution in [-0.2, 0) is 17.8 Å². The van der Waals surface area contributed by atoms with Gasteiger partial charge in [-0.25, -0.2) is 0 Å². The largest absolute Gasteiger partial charge is 0.407 e. The fraction of sp³-hybridized carbons (Fsp3) is 0.600. The second-order valence-corrected chi connectivity index (χ2v) is 3.86. The number of carbonyl (C=O) groups excluding carboxylic acids is 1. The molecule has 0 N–H and O–H groups in total. The van der Waals surface area contributed by atoms with Crippen LogP contribution in [0.5, 0.6) is 0 Å².